The molecule has 4 rings (SSSR count). The fourth-order valence-corrected chi connectivity index (χ4v) is 4.63. The summed E-state index contributed by atoms with van der Waals surface area (Å²) in [4.78, 5) is 28.5. The van der Waals surface area contributed by atoms with Crippen LogP contribution in [-0.4, -0.2) is 48.3 Å². The maximum absolute atomic E-state index is 12.8. The van der Waals surface area contributed by atoms with Crippen molar-refractivity contribution < 1.29 is 14.3 Å². The average molecular weight is 416 g/mol. The molecule has 0 unspecified atom stereocenters. The summed E-state index contributed by atoms with van der Waals surface area (Å²) in [5.74, 6) is 0.797. The SMILES string of the molecule is CCOc1ccc(NC(=O)[C@H]2CCCN(c3nnc(N4CCCC4=O)s3)C2)cc1. The lowest BCUT2D eigenvalue weighted by Gasteiger charge is -2.31. The highest BCUT2D eigenvalue weighted by Crippen LogP contribution is 2.32. The summed E-state index contributed by atoms with van der Waals surface area (Å²) in [6, 6.07) is 7.42. The number of nitrogens with zero attached hydrogens (tertiary/aromatic N) is 4. The van der Waals surface area contributed by atoms with Crippen LogP contribution >= 0.6 is 11.3 Å². The molecule has 9 heteroatoms. The van der Waals surface area contributed by atoms with E-state index in [9.17, 15) is 9.59 Å². The number of piperidine rings is 1. The Balaban J connectivity index is 1.37. The van der Waals surface area contributed by atoms with E-state index in [0.717, 1.165) is 42.4 Å². The molecule has 1 aromatic heterocycles. The van der Waals surface area contributed by atoms with Crippen LogP contribution in [0.25, 0.3) is 0 Å². The summed E-state index contributed by atoms with van der Waals surface area (Å²) in [5.41, 5.74) is 0.765. The largest absolute Gasteiger partial charge is 0.494 e. The first-order valence-electron chi connectivity index (χ1n) is 10.1. The fourth-order valence-electron chi connectivity index (χ4n) is 3.71. The smallest absolute Gasteiger partial charge is 0.229 e. The summed E-state index contributed by atoms with van der Waals surface area (Å²) in [7, 11) is 0. The standard InChI is InChI=1S/C20H25N5O3S/c1-2-28-16-9-7-15(8-10-16)21-18(27)14-5-3-11-24(13-14)19-22-23-20(29-19)25-12-4-6-17(25)26/h7-10,14H,2-6,11-13H2,1H3,(H,21,27)/t14-/m0/s1. The molecule has 2 aliphatic heterocycles. The van der Waals surface area contributed by atoms with Gasteiger partial charge in [-0.15, -0.1) is 10.2 Å². The topological polar surface area (TPSA) is 87.7 Å². The zero-order valence-electron chi connectivity index (χ0n) is 16.5. The first kappa shape index (κ1) is 19.6. The van der Waals surface area contributed by atoms with Crippen LogP contribution in [0.15, 0.2) is 24.3 Å². The molecule has 154 valence electrons. The van der Waals surface area contributed by atoms with Crippen LogP contribution in [0, 0.1) is 5.92 Å². The highest BCUT2D eigenvalue weighted by Gasteiger charge is 2.30. The van der Waals surface area contributed by atoms with E-state index in [1.54, 1.807) is 4.90 Å². The lowest BCUT2D eigenvalue weighted by atomic mass is 9.97. The monoisotopic (exact) mass is 415 g/mol. The second kappa shape index (κ2) is 8.77. The van der Waals surface area contributed by atoms with Crippen molar-refractivity contribution in [3.63, 3.8) is 0 Å². The van der Waals surface area contributed by atoms with Gasteiger partial charge in [-0.2, -0.15) is 0 Å². The molecule has 0 spiro atoms. The Bertz CT molecular complexity index is 869. The number of hydrogen-bond donors (Lipinski definition) is 1. The maximum atomic E-state index is 12.8. The molecule has 0 saturated carbocycles. The van der Waals surface area contributed by atoms with Gasteiger partial charge in [0, 0.05) is 31.7 Å². The maximum Gasteiger partial charge on any atom is 0.229 e. The third kappa shape index (κ3) is 4.50. The molecular weight excluding hydrogens is 390 g/mol. The third-order valence-corrected chi connectivity index (χ3v) is 6.21. The molecule has 0 bridgehead atoms. The highest BCUT2D eigenvalue weighted by molar-refractivity contribution is 7.19. The van der Waals surface area contributed by atoms with Crippen molar-refractivity contribution in [3.05, 3.63) is 24.3 Å². The van der Waals surface area contributed by atoms with Crippen LogP contribution in [0.5, 0.6) is 5.75 Å². The van der Waals surface area contributed by atoms with Gasteiger partial charge in [0.15, 0.2) is 0 Å². The Morgan fingerprint density at radius 3 is 2.72 bits per heavy atom. The summed E-state index contributed by atoms with van der Waals surface area (Å²) < 4.78 is 5.44. The van der Waals surface area contributed by atoms with Crippen LogP contribution < -0.4 is 19.9 Å². The molecule has 2 fully saturated rings. The molecule has 1 atom stereocenters. The summed E-state index contributed by atoms with van der Waals surface area (Å²) >= 11 is 1.43. The van der Waals surface area contributed by atoms with Crippen molar-refractivity contribution in [2.24, 2.45) is 5.92 Å². The van der Waals surface area contributed by atoms with Gasteiger partial charge >= 0.3 is 0 Å². The minimum Gasteiger partial charge on any atom is -0.494 e. The second-order valence-electron chi connectivity index (χ2n) is 7.25. The number of ether oxygens (including phenoxy) is 1. The lowest BCUT2D eigenvalue weighted by molar-refractivity contribution is -0.120. The van der Waals surface area contributed by atoms with E-state index in [2.05, 4.69) is 20.4 Å². The van der Waals surface area contributed by atoms with E-state index < -0.39 is 0 Å². The van der Waals surface area contributed by atoms with Crippen molar-refractivity contribution >= 4 is 39.1 Å². The number of benzene rings is 1. The first-order valence-corrected chi connectivity index (χ1v) is 10.9. The molecule has 2 aromatic rings. The Kier molecular flexibility index (Phi) is 5.94. The van der Waals surface area contributed by atoms with E-state index in [-0.39, 0.29) is 17.7 Å². The molecule has 8 nitrogen and oxygen atoms in total. The zero-order chi connectivity index (χ0) is 20.2. The Hall–Kier alpha value is -2.68. The number of hydrogen-bond acceptors (Lipinski definition) is 7. The van der Waals surface area contributed by atoms with Crippen molar-refractivity contribution in [3.8, 4) is 5.75 Å². The molecule has 1 N–H and O–H groups in total. The van der Waals surface area contributed by atoms with Gasteiger partial charge in [0.05, 0.1) is 12.5 Å². The molecule has 0 radical (unpaired) electrons. The fraction of sp³-hybridized carbons (Fsp3) is 0.500. The highest BCUT2D eigenvalue weighted by atomic mass is 32.1. The van der Waals surface area contributed by atoms with Crippen LogP contribution in [0.1, 0.15) is 32.6 Å². The second-order valence-corrected chi connectivity index (χ2v) is 8.18. The van der Waals surface area contributed by atoms with E-state index in [4.69, 9.17) is 4.74 Å². The van der Waals surface area contributed by atoms with Gasteiger partial charge in [-0.1, -0.05) is 11.3 Å². The van der Waals surface area contributed by atoms with E-state index >= 15 is 0 Å². The van der Waals surface area contributed by atoms with Crippen molar-refractivity contribution in [2.75, 3.05) is 41.4 Å². The Morgan fingerprint density at radius 2 is 2.00 bits per heavy atom. The van der Waals surface area contributed by atoms with Crippen molar-refractivity contribution in [2.45, 2.75) is 32.6 Å². The number of carbonyl (C=O) groups excluding carboxylic acids is 2. The van der Waals surface area contributed by atoms with Gasteiger partial charge in [0.1, 0.15) is 5.75 Å². The van der Waals surface area contributed by atoms with Gasteiger partial charge < -0.3 is 15.0 Å². The molecule has 0 aliphatic carbocycles. The number of rotatable bonds is 6. The number of amides is 2. The number of carbonyl (C=O) groups is 2. The van der Waals surface area contributed by atoms with E-state index in [1.807, 2.05) is 31.2 Å². The minimum absolute atomic E-state index is 0.0123. The third-order valence-electron chi connectivity index (χ3n) is 5.20. The van der Waals surface area contributed by atoms with Gasteiger partial charge in [-0.05, 0) is 50.5 Å². The minimum atomic E-state index is -0.115. The average Bonchev–Trinajstić information content (AvgIpc) is 3.38. The number of nitrogens with one attached hydrogen (secondary N) is 1. The molecule has 29 heavy (non-hydrogen) atoms. The van der Waals surface area contributed by atoms with Gasteiger partial charge in [-0.25, -0.2) is 0 Å². The van der Waals surface area contributed by atoms with Crippen LogP contribution in [-0.2, 0) is 9.59 Å². The van der Waals surface area contributed by atoms with E-state index in [0.29, 0.717) is 31.2 Å². The Labute approximate surface area is 173 Å². The van der Waals surface area contributed by atoms with Gasteiger partial charge in [-0.3, -0.25) is 14.5 Å². The predicted molar refractivity (Wildman–Crippen MR) is 113 cm³/mol. The number of anilines is 3. The molecule has 2 aliphatic rings. The lowest BCUT2D eigenvalue weighted by Crippen LogP contribution is -2.40. The summed E-state index contributed by atoms with van der Waals surface area (Å²) in [6.45, 7) is 4.71. The van der Waals surface area contributed by atoms with Crippen molar-refractivity contribution in [1.29, 1.82) is 0 Å². The van der Waals surface area contributed by atoms with Gasteiger partial charge in [0.2, 0.25) is 22.1 Å². The van der Waals surface area contributed by atoms with Crippen LogP contribution in [0.4, 0.5) is 16.0 Å². The van der Waals surface area contributed by atoms with E-state index in [1.165, 1.54) is 11.3 Å². The quantitative estimate of drug-likeness (QED) is 0.781. The normalized spacial score (nSPS) is 19.5. The van der Waals surface area contributed by atoms with Crippen molar-refractivity contribution in [1.82, 2.24) is 10.2 Å². The molecule has 3 heterocycles. The molecule has 2 amide bonds. The Morgan fingerprint density at radius 1 is 1.21 bits per heavy atom. The summed E-state index contributed by atoms with van der Waals surface area (Å²) in [5, 5.41) is 12.9. The summed E-state index contributed by atoms with van der Waals surface area (Å²) in [6.07, 6.45) is 3.20. The first-order chi connectivity index (χ1) is 14.1. The predicted octanol–water partition coefficient (Wildman–Crippen LogP) is 2.92. The zero-order valence-corrected chi connectivity index (χ0v) is 17.3. The van der Waals surface area contributed by atoms with Crippen LogP contribution in [0.2, 0.25) is 0 Å². The molecular formula is C20H25N5O3S. The molecule has 2 saturated heterocycles. The van der Waals surface area contributed by atoms with Gasteiger partial charge in [0.25, 0.3) is 0 Å². The number of aromatic nitrogens is 2. The molecule has 1 aromatic carbocycles. The van der Waals surface area contributed by atoms with Crippen LogP contribution in [0.3, 0.4) is 0 Å².